The fourth-order valence-electron chi connectivity index (χ4n) is 2.90. The Bertz CT molecular complexity index is 553. The molecule has 2 rings (SSSR count). The molecule has 0 aliphatic carbocycles. The van der Waals surface area contributed by atoms with E-state index in [4.69, 9.17) is 27.9 Å². The zero-order valence-corrected chi connectivity index (χ0v) is 14.8. The molecule has 4 nitrogen and oxygen atoms in total. The molecule has 1 aromatic carbocycles. The predicted octanol–water partition coefficient (Wildman–Crippen LogP) is 3.87. The molecule has 0 aromatic heterocycles. The monoisotopic (exact) mass is 344 g/mol. The van der Waals surface area contributed by atoms with Crippen molar-refractivity contribution >= 4 is 34.8 Å². The van der Waals surface area contributed by atoms with Gasteiger partial charge in [-0.05, 0) is 46.2 Å². The largest absolute Gasteiger partial charge is 0.368 e. The van der Waals surface area contributed by atoms with Crippen molar-refractivity contribution in [2.24, 2.45) is 0 Å². The van der Waals surface area contributed by atoms with Crippen LogP contribution in [0.3, 0.4) is 0 Å². The van der Waals surface area contributed by atoms with Gasteiger partial charge in [0.15, 0.2) is 0 Å². The van der Waals surface area contributed by atoms with Crippen molar-refractivity contribution in [1.82, 2.24) is 5.32 Å². The van der Waals surface area contributed by atoms with Gasteiger partial charge in [-0.1, -0.05) is 29.3 Å². The Balaban J connectivity index is 1.94. The van der Waals surface area contributed by atoms with Gasteiger partial charge in [0, 0.05) is 6.04 Å². The lowest BCUT2D eigenvalue weighted by atomic mass is 9.94. The minimum Gasteiger partial charge on any atom is -0.368 e. The number of amides is 1. The number of hydrogen-bond acceptors (Lipinski definition) is 3. The maximum atomic E-state index is 12.1. The maximum absolute atomic E-state index is 12.1. The molecular formula is C16H22Cl2N2O2. The number of rotatable bonds is 4. The lowest BCUT2D eigenvalue weighted by Gasteiger charge is -2.27. The van der Waals surface area contributed by atoms with E-state index in [1.807, 2.05) is 13.8 Å². The summed E-state index contributed by atoms with van der Waals surface area (Å²) < 4.78 is 6.00. The standard InChI is InChI=1S/C16H22Cl2N2O2/c1-15(2)8-12(16(3,4)22-15)19-9-13(21)20-14-10(17)6-5-7-11(14)18/h5-7,12,19H,8-9H2,1-4H3,(H,20,21). The van der Waals surface area contributed by atoms with Crippen LogP contribution in [0.5, 0.6) is 0 Å². The summed E-state index contributed by atoms with van der Waals surface area (Å²) in [6.45, 7) is 8.35. The molecule has 1 saturated heterocycles. The second-order valence-electron chi connectivity index (χ2n) is 6.75. The van der Waals surface area contributed by atoms with E-state index in [1.165, 1.54) is 0 Å². The van der Waals surface area contributed by atoms with Crippen LogP contribution < -0.4 is 10.6 Å². The van der Waals surface area contributed by atoms with E-state index in [9.17, 15) is 4.79 Å². The van der Waals surface area contributed by atoms with Crippen molar-refractivity contribution in [3.8, 4) is 0 Å². The minimum atomic E-state index is -0.314. The molecule has 1 amide bonds. The Kier molecular flexibility index (Phi) is 5.07. The van der Waals surface area contributed by atoms with Gasteiger partial charge in [-0.25, -0.2) is 0 Å². The Morgan fingerprint density at radius 2 is 1.86 bits per heavy atom. The van der Waals surface area contributed by atoms with E-state index in [1.54, 1.807) is 18.2 Å². The lowest BCUT2D eigenvalue weighted by molar-refractivity contribution is -0.115. The average Bonchev–Trinajstić information content (AvgIpc) is 2.59. The molecule has 1 atom stereocenters. The lowest BCUT2D eigenvalue weighted by Crippen LogP contribution is -2.46. The van der Waals surface area contributed by atoms with Crippen molar-refractivity contribution in [1.29, 1.82) is 0 Å². The molecule has 22 heavy (non-hydrogen) atoms. The molecule has 0 radical (unpaired) electrons. The maximum Gasteiger partial charge on any atom is 0.238 e. The third kappa shape index (κ3) is 4.13. The number of anilines is 1. The fourth-order valence-corrected chi connectivity index (χ4v) is 3.39. The first kappa shape index (κ1) is 17.5. The van der Waals surface area contributed by atoms with Gasteiger partial charge in [0.05, 0.1) is 33.5 Å². The quantitative estimate of drug-likeness (QED) is 0.871. The van der Waals surface area contributed by atoms with Gasteiger partial charge in [0.25, 0.3) is 0 Å². The second-order valence-corrected chi connectivity index (χ2v) is 7.56. The van der Waals surface area contributed by atoms with Crippen LogP contribution in [0.25, 0.3) is 0 Å². The molecule has 1 aliphatic rings. The molecule has 2 N–H and O–H groups in total. The van der Waals surface area contributed by atoms with E-state index >= 15 is 0 Å². The topological polar surface area (TPSA) is 50.4 Å². The molecule has 1 aromatic rings. The number of carbonyl (C=O) groups excluding carboxylic acids is 1. The van der Waals surface area contributed by atoms with Crippen molar-refractivity contribution in [2.45, 2.75) is 51.4 Å². The summed E-state index contributed by atoms with van der Waals surface area (Å²) in [7, 11) is 0. The first-order valence-electron chi connectivity index (χ1n) is 7.28. The third-order valence-corrected chi connectivity index (χ3v) is 4.44. The smallest absolute Gasteiger partial charge is 0.238 e. The van der Waals surface area contributed by atoms with Gasteiger partial charge in [-0.3, -0.25) is 4.79 Å². The van der Waals surface area contributed by atoms with Crippen molar-refractivity contribution in [2.75, 3.05) is 11.9 Å². The molecule has 1 aliphatic heterocycles. The molecule has 1 unspecified atom stereocenters. The van der Waals surface area contributed by atoms with Crippen LogP contribution in [-0.4, -0.2) is 29.7 Å². The van der Waals surface area contributed by atoms with E-state index < -0.39 is 0 Å². The van der Waals surface area contributed by atoms with Crippen LogP contribution in [0.4, 0.5) is 5.69 Å². The summed E-state index contributed by atoms with van der Waals surface area (Å²) >= 11 is 12.1. The number of para-hydroxylation sites is 1. The zero-order chi connectivity index (χ0) is 16.5. The van der Waals surface area contributed by atoms with Gasteiger partial charge >= 0.3 is 0 Å². The highest BCUT2D eigenvalue weighted by atomic mass is 35.5. The van der Waals surface area contributed by atoms with Gasteiger partial charge in [0.2, 0.25) is 5.91 Å². The Labute approximate surface area is 141 Å². The molecule has 0 bridgehead atoms. The number of carbonyl (C=O) groups is 1. The van der Waals surface area contributed by atoms with Crippen LogP contribution in [0.1, 0.15) is 34.1 Å². The highest BCUT2D eigenvalue weighted by molar-refractivity contribution is 6.39. The third-order valence-electron chi connectivity index (χ3n) is 3.81. The molecule has 0 spiro atoms. The highest BCUT2D eigenvalue weighted by Gasteiger charge is 2.45. The number of benzene rings is 1. The zero-order valence-electron chi connectivity index (χ0n) is 13.3. The molecular weight excluding hydrogens is 323 g/mol. The van der Waals surface area contributed by atoms with E-state index in [0.29, 0.717) is 15.7 Å². The molecule has 1 fully saturated rings. The van der Waals surface area contributed by atoms with Crippen LogP contribution in [-0.2, 0) is 9.53 Å². The van der Waals surface area contributed by atoms with Crippen molar-refractivity contribution in [3.63, 3.8) is 0 Å². The van der Waals surface area contributed by atoms with Gasteiger partial charge in [-0.2, -0.15) is 0 Å². The fraction of sp³-hybridized carbons (Fsp3) is 0.562. The normalized spacial score (nSPS) is 22.5. The number of halogens is 2. The summed E-state index contributed by atoms with van der Waals surface area (Å²) in [6, 6.07) is 5.22. The average molecular weight is 345 g/mol. The van der Waals surface area contributed by atoms with Crippen LogP contribution >= 0.6 is 23.2 Å². The Morgan fingerprint density at radius 3 is 2.36 bits per heavy atom. The first-order valence-corrected chi connectivity index (χ1v) is 8.04. The highest BCUT2D eigenvalue weighted by Crippen LogP contribution is 2.37. The predicted molar refractivity (Wildman–Crippen MR) is 90.7 cm³/mol. The summed E-state index contributed by atoms with van der Waals surface area (Å²) in [5, 5.41) is 6.85. The minimum absolute atomic E-state index is 0.106. The Hall–Kier alpha value is -0.810. The molecule has 0 saturated carbocycles. The second kappa shape index (κ2) is 6.36. The van der Waals surface area contributed by atoms with Gasteiger partial charge in [0.1, 0.15) is 0 Å². The van der Waals surface area contributed by atoms with Crippen LogP contribution in [0, 0.1) is 0 Å². The SMILES string of the molecule is CC1(C)CC(NCC(=O)Nc2c(Cl)cccc2Cl)C(C)(C)O1. The summed E-state index contributed by atoms with van der Waals surface area (Å²) in [4.78, 5) is 12.1. The molecule has 1 heterocycles. The van der Waals surface area contributed by atoms with E-state index in [2.05, 4.69) is 24.5 Å². The summed E-state index contributed by atoms with van der Waals surface area (Å²) in [5.41, 5.74) is -0.0601. The molecule has 6 heteroatoms. The number of ether oxygens (including phenoxy) is 1. The van der Waals surface area contributed by atoms with Crippen LogP contribution in [0.15, 0.2) is 18.2 Å². The number of hydrogen-bond donors (Lipinski definition) is 2. The summed E-state index contributed by atoms with van der Waals surface area (Å²) in [5.74, 6) is -0.185. The summed E-state index contributed by atoms with van der Waals surface area (Å²) in [6.07, 6.45) is 0.847. The van der Waals surface area contributed by atoms with Crippen molar-refractivity contribution < 1.29 is 9.53 Å². The Morgan fingerprint density at radius 1 is 1.27 bits per heavy atom. The van der Waals surface area contributed by atoms with Crippen molar-refractivity contribution in [3.05, 3.63) is 28.2 Å². The molecule has 122 valence electrons. The van der Waals surface area contributed by atoms with Gasteiger partial charge in [-0.15, -0.1) is 0 Å². The number of nitrogens with one attached hydrogen (secondary N) is 2. The van der Waals surface area contributed by atoms with E-state index in [-0.39, 0.29) is 29.7 Å². The van der Waals surface area contributed by atoms with Crippen LogP contribution in [0.2, 0.25) is 10.0 Å². The van der Waals surface area contributed by atoms with E-state index in [0.717, 1.165) is 6.42 Å². The first-order chi connectivity index (χ1) is 10.1. The van der Waals surface area contributed by atoms with Gasteiger partial charge < -0.3 is 15.4 Å².